The molecular weight excluding hydrogens is 326 g/mol. The second-order valence-corrected chi connectivity index (χ2v) is 5.01. The fourth-order valence-electron chi connectivity index (χ4n) is 2.01. The fourth-order valence-corrected chi connectivity index (χ4v) is 2.13. The van der Waals surface area contributed by atoms with Gasteiger partial charge in [-0.15, -0.1) is 0 Å². The van der Waals surface area contributed by atoms with Gasteiger partial charge in [-0.3, -0.25) is 15.0 Å². The highest BCUT2D eigenvalue weighted by atomic mass is 35.5. The normalized spacial score (nSPS) is 10.3. The number of imide groups is 1. The molecule has 2 aromatic carbocycles. The van der Waals surface area contributed by atoms with Gasteiger partial charge in [-0.1, -0.05) is 17.7 Å². The van der Waals surface area contributed by atoms with E-state index in [0.29, 0.717) is 10.7 Å². The number of urea groups is 1. The molecule has 0 aromatic heterocycles. The summed E-state index contributed by atoms with van der Waals surface area (Å²) in [7, 11) is 0. The molecule has 2 rings (SSSR count). The first-order chi connectivity index (χ1) is 10.9. The van der Waals surface area contributed by atoms with Crippen LogP contribution in [0.2, 0.25) is 5.02 Å². The Morgan fingerprint density at radius 2 is 1.65 bits per heavy atom. The van der Waals surface area contributed by atoms with Gasteiger partial charge in [0.1, 0.15) is 17.2 Å². The molecular formula is C16H13ClF2N2O2. The largest absolute Gasteiger partial charge is 0.328 e. The second kappa shape index (κ2) is 7.19. The van der Waals surface area contributed by atoms with E-state index in [1.54, 1.807) is 31.2 Å². The van der Waals surface area contributed by atoms with Gasteiger partial charge >= 0.3 is 6.03 Å². The summed E-state index contributed by atoms with van der Waals surface area (Å²) < 4.78 is 27.1. The van der Waals surface area contributed by atoms with Crippen LogP contribution in [0.5, 0.6) is 0 Å². The Labute approximate surface area is 136 Å². The van der Waals surface area contributed by atoms with Crippen molar-refractivity contribution in [2.24, 2.45) is 0 Å². The number of nitrogens with zero attached hydrogens (tertiary/aromatic N) is 1. The van der Waals surface area contributed by atoms with Crippen LogP contribution in [0.4, 0.5) is 19.3 Å². The summed E-state index contributed by atoms with van der Waals surface area (Å²) in [6.07, 6.45) is 0. The molecule has 0 radical (unpaired) electrons. The van der Waals surface area contributed by atoms with Crippen LogP contribution >= 0.6 is 11.6 Å². The van der Waals surface area contributed by atoms with E-state index in [4.69, 9.17) is 11.6 Å². The highest BCUT2D eigenvalue weighted by Crippen LogP contribution is 2.18. The molecule has 1 N–H and O–H groups in total. The molecule has 3 amide bonds. The zero-order chi connectivity index (χ0) is 17.0. The van der Waals surface area contributed by atoms with Crippen LogP contribution in [0.25, 0.3) is 0 Å². The Kier molecular flexibility index (Phi) is 5.28. The lowest BCUT2D eigenvalue weighted by atomic mass is 10.2. The molecule has 0 bridgehead atoms. The summed E-state index contributed by atoms with van der Waals surface area (Å²) in [5.41, 5.74) is -0.302. The Hall–Kier alpha value is -2.47. The molecule has 4 nitrogen and oxygen atoms in total. The molecule has 0 aliphatic carbocycles. The van der Waals surface area contributed by atoms with Gasteiger partial charge in [0.15, 0.2) is 0 Å². The smallest absolute Gasteiger partial charge is 0.294 e. The molecule has 120 valence electrons. The number of carbonyl (C=O) groups is 2. The van der Waals surface area contributed by atoms with E-state index in [0.717, 1.165) is 18.2 Å². The van der Waals surface area contributed by atoms with Gasteiger partial charge in [-0.2, -0.15) is 0 Å². The molecule has 0 heterocycles. The van der Waals surface area contributed by atoms with Crippen LogP contribution in [0.1, 0.15) is 17.3 Å². The summed E-state index contributed by atoms with van der Waals surface area (Å²) in [4.78, 5) is 25.4. The zero-order valence-corrected chi connectivity index (χ0v) is 12.9. The molecule has 0 unspecified atom stereocenters. The van der Waals surface area contributed by atoms with Crippen molar-refractivity contribution in [2.75, 3.05) is 11.4 Å². The average Bonchev–Trinajstić information content (AvgIpc) is 2.49. The number of amides is 3. The molecule has 0 spiro atoms. The summed E-state index contributed by atoms with van der Waals surface area (Å²) >= 11 is 5.78. The third-order valence-electron chi connectivity index (χ3n) is 3.11. The van der Waals surface area contributed by atoms with Crippen molar-refractivity contribution in [1.29, 1.82) is 0 Å². The van der Waals surface area contributed by atoms with Gasteiger partial charge in [0.2, 0.25) is 0 Å². The number of halogens is 3. The molecule has 7 heteroatoms. The van der Waals surface area contributed by atoms with Crippen molar-refractivity contribution in [3.63, 3.8) is 0 Å². The molecule has 0 saturated heterocycles. The van der Waals surface area contributed by atoms with Crippen LogP contribution in [0.15, 0.2) is 42.5 Å². The summed E-state index contributed by atoms with van der Waals surface area (Å²) in [6.45, 7) is 1.95. The van der Waals surface area contributed by atoms with Crippen molar-refractivity contribution in [3.8, 4) is 0 Å². The topological polar surface area (TPSA) is 49.4 Å². The highest BCUT2D eigenvalue weighted by Gasteiger charge is 2.22. The molecule has 23 heavy (non-hydrogen) atoms. The maximum Gasteiger partial charge on any atom is 0.328 e. The van der Waals surface area contributed by atoms with Gasteiger partial charge < -0.3 is 0 Å². The van der Waals surface area contributed by atoms with Gasteiger partial charge in [0, 0.05) is 17.3 Å². The lowest BCUT2D eigenvalue weighted by Gasteiger charge is -2.21. The van der Waals surface area contributed by atoms with Crippen molar-refractivity contribution in [1.82, 2.24) is 5.32 Å². The molecule has 0 atom stereocenters. The first-order valence-corrected chi connectivity index (χ1v) is 7.14. The van der Waals surface area contributed by atoms with Gasteiger partial charge in [-0.25, -0.2) is 13.6 Å². The van der Waals surface area contributed by atoms with Crippen molar-refractivity contribution < 1.29 is 18.4 Å². The molecule has 0 saturated carbocycles. The minimum Gasteiger partial charge on any atom is -0.294 e. The van der Waals surface area contributed by atoms with Crippen LogP contribution in [0, 0.1) is 11.6 Å². The van der Waals surface area contributed by atoms with Crippen LogP contribution < -0.4 is 10.2 Å². The third-order valence-corrected chi connectivity index (χ3v) is 3.36. The lowest BCUT2D eigenvalue weighted by molar-refractivity contribution is 0.0957. The lowest BCUT2D eigenvalue weighted by Crippen LogP contribution is -2.43. The SMILES string of the molecule is CCN(C(=O)NC(=O)c1c(F)cccc1F)c1ccc(Cl)cc1. The van der Waals surface area contributed by atoms with E-state index in [2.05, 4.69) is 0 Å². The first kappa shape index (κ1) is 16.9. The van der Waals surface area contributed by atoms with Gasteiger partial charge in [0.25, 0.3) is 5.91 Å². The van der Waals surface area contributed by atoms with Crippen LogP contribution in [0.3, 0.4) is 0 Å². The average molecular weight is 339 g/mol. The van der Waals surface area contributed by atoms with Gasteiger partial charge in [-0.05, 0) is 43.3 Å². The predicted octanol–water partition coefficient (Wildman–Crippen LogP) is 3.99. The third kappa shape index (κ3) is 3.84. The van der Waals surface area contributed by atoms with Crippen LogP contribution in [-0.4, -0.2) is 18.5 Å². The molecule has 0 aliphatic heterocycles. The van der Waals surface area contributed by atoms with Crippen molar-refractivity contribution in [2.45, 2.75) is 6.92 Å². The summed E-state index contributed by atoms with van der Waals surface area (Å²) in [5.74, 6) is -3.22. The van der Waals surface area contributed by atoms with Gasteiger partial charge in [0.05, 0.1) is 0 Å². The Morgan fingerprint density at radius 3 is 2.17 bits per heavy atom. The van der Waals surface area contributed by atoms with Crippen molar-refractivity contribution in [3.05, 3.63) is 64.7 Å². The number of hydrogen-bond acceptors (Lipinski definition) is 2. The van der Waals surface area contributed by atoms with E-state index >= 15 is 0 Å². The summed E-state index contributed by atoms with van der Waals surface area (Å²) in [6, 6.07) is 8.60. The molecule has 2 aromatic rings. The zero-order valence-electron chi connectivity index (χ0n) is 12.1. The minimum absolute atomic E-state index is 0.250. The van der Waals surface area contributed by atoms with E-state index < -0.39 is 29.1 Å². The summed E-state index contributed by atoms with van der Waals surface area (Å²) in [5, 5.41) is 2.47. The highest BCUT2D eigenvalue weighted by molar-refractivity contribution is 6.30. The second-order valence-electron chi connectivity index (χ2n) is 4.58. The minimum atomic E-state index is -1.14. The number of nitrogens with one attached hydrogen (secondary N) is 1. The Balaban J connectivity index is 2.19. The Bertz CT molecular complexity index is 715. The van der Waals surface area contributed by atoms with E-state index in [9.17, 15) is 18.4 Å². The predicted molar refractivity (Wildman–Crippen MR) is 83.7 cm³/mol. The van der Waals surface area contributed by atoms with E-state index in [1.807, 2.05) is 5.32 Å². The van der Waals surface area contributed by atoms with E-state index in [1.165, 1.54) is 4.90 Å². The fraction of sp³-hybridized carbons (Fsp3) is 0.125. The van der Waals surface area contributed by atoms with Crippen molar-refractivity contribution >= 4 is 29.2 Å². The quantitative estimate of drug-likeness (QED) is 0.919. The maximum absolute atomic E-state index is 13.6. The number of anilines is 1. The maximum atomic E-state index is 13.6. The first-order valence-electron chi connectivity index (χ1n) is 6.76. The number of carbonyl (C=O) groups excluding carboxylic acids is 2. The Morgan fingerprint density at radius 1 is 1.09 bits per heavy atom. The monoisotopic (exact) mass is 338 g/mol. The number of hydrogen-bond donors (Lipinski definition) is 1. The van der Waals surface area contributed by atoms with Crippen LogP contribution in [-0.2, 0) is 0 Å². The number of rotatable bonds is 3. The molecule has 0 fully saturated rings. The molecule has 0 aliphatic rings. The number of benzene rings is 2. The van der Waals surface area contributed by atoms with E-state index in [-0.39, 0.29) is 6.54 Å². The standard InChI is InChI=1S/C16H13ClF2N2O2/c1-2-21(11-8-6-10(17)7-9-11)16(23)20-15(22)14-12(18)4-3-5-13(14)19/h3-9H,2H2,1H3,(H,20,22,23).